The van der Waals surface area contributed by atoms with Gasteiger partial charge in [-0.1, -0.05) is 46.4 Å². The first kappa shape index (κ1) is 20.2. The van der Waals surface area contributed by atoms with Gasteiger partial charge in [0.05, 0.1) is 11.7 Å². The van der Waals surface area contributed by atoms with Crippen molar-refractivity contribution in [2.75, 3.05) is 0 Å². The fourth-order valence-corrected chi connectivity index (χ4v) is 3.06. The molecule has 7 heteroatoms. The monoisotopic (exact) mass is 430 g/mol. The van der Waals surface area contributed by atoms with Crippen molar-refractivity contribution < 1.29 is 9.53 Å². The van der Waals surface area contributed by atoms with Crippen LogP contribution in [0.25, 0.3) is 0 Å². The number of rotatable bonds is 4. The van der Waals surface area contributed by atoms with Crippen LogP contribution >= 0.6 is 34.5 Å². The van der Waals surface area contributed by atoms with Crippen molar-refractivity contribution in [1.82, 2.24) is 10.3 Å². The average Bonchev–Trinajstić information content (AvgIpc) is 3.10. The fraction of sp³-hybridized carbons (Fsp3) is 0.143. The van der Waals surface area contributed by atoms with Gasteiger partial charge in [-0.25, -0.2) is 4.98 Å². The maximum atomic E-state index is 12.4. The minimum atomic E-state index is -0.724. The van der Waals surface area contributed by atoms with Crippen molar-refractivity contribution in [1.29, 1.82) is 0 Å². The van der Waals surface area contributed by atoms with E-state index in [2.05, 4.69) is 22.1 Å². The molecular formula is C21H16Cl2N2O2S. The van der Waals surface area contributed by atoms with Gasteiger partial charge in [-0.2, -0.15) is 0 Å². The summed E-state index contributed by atoms with van der Waals surface area (Å²) in [4.78, 5) is 17.3. The van der Waals surface area contributed by atoms with Gasteiger partial charge in [0.15, 0.2) is 0 Å². The molecule has 3 rings (SSSR count). The number of hydrogen-bond donors (Lipinski definition) is 1. The highest BCUT2D eigenvalue weighted by atomic mass is 35.5. The minimum Gasteiger partial charge on any atom is -0.431 e. The van der Waals surface area contributed by atoms with Crippen LogP contribution in [0.3, 0.4) is 0 Å². The van der Waals surface area contributed by atoms with Crippen LogP contribution in [0.15, 0.2) is 54.7 Å². The molecule has 2 aromatic carbocycles. The second-order valence-corrected chi connectivity index (χ2v) is 8.25. The molecule has 1 heterocycles. The molecule has 4 nitrogen and oxygen atoms in total. The molecule has 28 heavy (non-hydrogen) atoms. The Morgan fingerprint density at radius 1 is 1.07 bits per heavy atom. The summed E-state index contributed by atoms with van der Waals surface area (Å²) in [6.07, 6.45) is 1.64. The Labute approximate surface area is 177 Å². The van der Waals surface area contributed by atoms with Crippen LogP contribution in [-0.2, 0) is 0 Å². The first-order valence-corrected chi connectivity index (χ1v) is 9.88. The molecule has 0 saturated carbocycles. The minimum absolute atomic E-state index is 0.216. The topological polar surface area (TPSA) is 51.2 Å². The van der Waals surface area contributed by atoms with Crippen LogP contribution in [0.4, 0.5) is 0 Å². The predicted octanol–water partition coefficient (Wildman–Crippen LogP) is 5.80. The Kier molecular flexibility index (Phi) is 6.25. The summed E-state index contributed by atoms with van der Waals surface area (Å²) in [5, 5.41) is 4.60. The van der Waals surface area contributed by atoms with E-state index in [1.807, 2.05) is 13.8 Å². The summed E-state index contributed by atoms with van der Waals surface area (Å²) < 4.78 is 5.68. The molecule has 0 spiro atoms. The Morgan fingerprint density at radius 2 is 1.68 bits per heavy atom. The lowest BCUT2D eigenvalue weighted by atomic mass is 10.1. The van der Waals surface area contributed by atoms with E-state index in [4.69, 9.17) is 27.9 Å². The SMILES string of the molecule is CC(C)(C#Cc1cnc(Oc2ccc(Cl)cc2)s1)NC(=O)c1ccc(Cl)cc1. The van der Waals surface area contributed by atoms with E-state index < -0.39 is 5.54 Å². The lowest BCUT2D eigenvalue weighted by Crippen LogP contribution is -2.42. The summed E-state index contributed by atoms with van der Waals surface area (Å²) in [6, 6.07) is 13.7. The summed E-state index contributed by atoms with van der Waals surface area (Å²) in [6.45, 7) is 3.67. The quantitative estimate of drug-likeness (QED) is 0.531. The number of carbonyl (C=O) groups is 1. The highest BCUT2D eigenvalue weighted by Crippen LogP contribution is 2.27. The third-order valence-electron chi connectivity index (χ3n) is 3.53. The maximum absolute atomic E-state index is 12.4. The van der Waals surface area contributed by atoms with Crippen LogP contribution in [0.2, 0.25) is 10.0 Å². The van der Waals surface area contributed by atoms with Gasteiger partial charge in [-0.15, -0.1) is 0 Å². The number of carbonyl (C=O) groups excluding carboxylic acids is 1. The summed E-state index contributed by atoms with van der Waals surface area (Å²) in [5.74, 6) is 6.53. The zero-order chi connectivity index (χ0) is 20.1. The van der Waals surface area contributed by atoms with Crippen molar-refractivity contribution >= 4 is 40.4 Å². The van der Waals surface area contributed by atoms with Crippen molar-refractivity contribution in [3.8, 4) is 22.8 Å². The van der Waals surface area contributed by atoms with Crippen LogP contribution < -0.4 is 10.1 Å². The normalized spacial score (nSPS) is 10.7. The molecule has 0 bridgehead atoms. The summed E-state index contributed by atoms with van der Waals surface area (Å²) >= 11 is 13.0. The average molecular weight is 431 g/mol. The molecule has 1 amide bonds. The molecule has 1 N–H and O–H groups in total. The third-order valence-corrected chi connectivity index (χ3v) is 4.83. The van der Waals surface area contributed by atoms with E-state index in [9.17, 15) is 4.79 Å². The largest absolute Gasteiger partial charge is 0.431 e. The zero-order valence-corrected chi connectivity index (χ0v) is 17.5. The number of aromatic nitrogens is 1. The van der Waals surface area contributed by atoms with E-state index >= 15 is 0 Å². The van der Waals surface area contributed by atoms with Gasteiger partial charge in [0, 0.05) is 15.6 Å². The van der Waals surface area contributed by atoms with E-state index in [0.29, 0.717) is 26.6 Å². The summed E-state index contributed by atoms with van der Waals surface area (Å²) in [5.41, 5.74) is -0.200. The molecule has 1 aromatic heterocycles. The lowest BCUT2D eigenvalue weighted by molar-refractivity contribution is 0.0930. The first-order valence-electron chi connectivity index (χ1n) is 8.31. The number of thiazole rings is 1. The number of halogens is 2. The number of nitrogens with one attached hydrogen (secondary N) is 1. The Balaban J connectivity index is 1.64. The number of hydrogen-bond acceptors (Lipinski definition) is 4. The Hall–Kier alpha value is -2.52. The van der Waals surface area contributed by atoms with Gasteiger partial charge in [0.25, 0.3) is 11.1 Å². The molecule has 3 aromatic rings. The van der Waals surface area contributed by atoms with E-state index in [1.165, 1.54) is 11.3 Å². The molecule has 0 saturated heterocycles. The van der Waals surface area contributed by atoms with E-state index in [0.717, 1.165) is 4.88 Å². The molecule has 142 valence electrons. The van der Waals surface area contributed by atoms with Crippen molar-refractivity contribution in [2.45, 2.75) is 19.4 Å². The Morgan fingerprint density at radius 3 is 2.32 bits per heavy atom. The molecule has 0 radical (unpaired) electrons. The van der Waals surface area contributed by atoms with Crippen molar-refractivity contribution in [3.63, 3.8) is 0 Å². The number of ether oxygens (including phenoxy) is 1. The molecule has 0 fully saturated rings. The zero-order valence-electron chi connectivity index (χ0n) is 15.1. The van der Waals surface area contributed by atoms with Crippen LogP contribution in [0, 0.1) is 11.8 Å². The van der Waals surface area contributed by atoms with Gasteiger partial charge in [0.2, 0.25) is 0 Å². The Bertz CT molecular complexity index is 1030. The highest BCUT2D eigenvalue weighted by molar-refractivity contribution is 7.13. The van der Waals surface area contributed by atoms with Gasteiger partial charge in [-0.05, 0) is 62.4 Å². The van der Waals surface area contributed by atoms with Crippen LogP contribution in [-0.4, -0.2) is 16.4 Å². The van der Waals surface area contributed by atoms with Crippen LogP contribution in [0.1, 0.15) is 29.1 Å². The molecule has 0 unspecified atom stereocenters. The molecule has 0 aliphatic rings. The van der Waals surface area contributed by atoms with Gasteiger partial charge >= 0.3 is 0 Å². The maximum Gasteiger partial charge on any atom is 0.279 e. The summed E-state index contributed by atoms with van der Waals surface area (Å²) in [7, 11) is 0. The lowest BCUT2D eigenvalue weighted by Gasteiger charge is -2.19. The first-order chi connectivity index (χ1) is 13.3. The second-order valence-electron chi connectivity index (χ2n) is 6.38. The van der Waals surface area contributed by atoms with Crippen molar-refractivity contribution in [3.05, 3.63) is 75.2 Å². The van der Waals surface area contributed by atoms with Gasteiger partial charge < -0.3 is 10.1 Å². The fourth-order valence-electron chi connectivity index (χ4n) is 2.17. The standard InChI is InChI=1S/C21H16Cl2N2O2S/c1-21(2,25-19(26)14-3-5-15(22)6-4-14)12-11-18-13-24-20(28-18)27-17-9-7-16(23)8-10-17/h3-10,13H,1-2H3,(H,25,26). The number of amides is 1. The third kappa shape index (κ3) is 5.74. The smallest absolute Gasteiger partial charge is 0.279 e. The van der Waals surface area contributed by atoms with Gasteiger partial charge in [-0.3, -0.25) is 4.79 Å². The number of benzene rings is 2. The number of nitrogens with zero attached hydrogens (tertiary/aromatic N) is 1. The van der Waals surface area contributed by atoms with E-state index in [1.54, 1.807) is 54.7 Å². The van der Waals surface area contributed by atoms with Crippen molar-refractivity contribution in [2.24, 2.45) is 0 Å². The molecule has 0 atom stereocenters. The molecule has 0 aliphatic heterocycles. The second kappa shape index (κ2) is 8.66. The highest BCUT2D eigenvalue weighted by Gasteiger charge is 2.18. The van der Waals surface area contributed by atoms with Gasteiger partial charge in [0.1, 0.15) is 10.6 Å². The van der Waals surface area contributed by atoms with Crippen LogP contribution in [0.5, 0.6) is 10.9 Å². The molecular weight excluding hydrogens is 415 g/mol. The predicted molar refractivity (Wildman–Crippen MR) is 114 cm³/mol. The molecule has 0 aliphatic carbocycles. The van der Waals surface area contributed by atoms with E-state index in [-0.39, 0.29) is 5.91 Å².